The first-order chi connectivity index (χ1) is 10.5. The van der Waals surface area contributed by atoms with Gasteiger partial charge in [0.15, 0.2) is 0 Å². The van der Waals surface area contributed by atoms with Crippen molar-refractivity contribution in [1.82, 2.24) is 9.88 Å². The number of Topliss-reactive ketones (excluding diaryl/α,β-unsaturated/α-hetero) is 1. The van der Waals surface area contributed by atoms with Crippen LogP contribution in [0.25, 0.3) is 10.9 Å². The van der Waals surface area contributed by atoms with Crippen molar-refractivity contribution < 1.29 is 9.90 Å². The first kappa shape index (κ1) is 14.2. The van der Waals surface area contributed by atoms with Crippen LogP contribution in [0.4, 0.5) is 0 Å². The monoisotopic (exact) mass is 295 g/mol. The summed E-state index contributed by atoms with van der Waals surface area (Å²) in [4.78, 5) is 17.0. The Hall–Kier alpha value is -2.74. The van der Waals surface area contributed by atoms with Gasteiger partial charge in [0.25, 0.3) is 0 Å². The molecule has 2 N–H and O–H groups in total. The summed E-state index contributed by atoms with van der Waals surface area (Å²) in [5, 5.41) is 20.1. The van der Waals surface area contributed by atoms with Crippen molar-refractivity contribution in [3.8, 4) is 11.8 Å². The third-order valence-electron chi connectivity index (χ3n) is 3.78. The second kappa shape index (κ2) is 5.23. The Morgan fingerprint density at radius 3 is 2.73 bits per heavy atom. The lowest BCUT2D eigenvalue weighted by molar-refractivity contribution is 0.103. The molecule has 5 heteroatoms. The third kappa shape index (κ3) is 2.56. The molecule has 0 saturated heterocycles. The number of hydrogen-bond acceptors (Lipinski definition) is 4. The second-order valence-corrected chi connectivity index (χ2v) is 5.90. The van der Waals surface area contributed by atoms with Crippen LogP contribution in [0.1, 0.15) is 34.8 Å². The van der Waals surface area contributed by atoms with Crippen molar-refractivity contribution in [3.05, 3.63) is 41.2 Å². The summed E-state index contributed by atoms with van der Waals surface area (Å²) in [5.74, 6) is 0.349. The Balaban J connectivity index is 2.01. The number of carbonyl (C=O) groups is 1. The van der Waals surface area contributed by atoms with Gasteiger partial charge in [-0.05, 0) is 36.5 Å². The maximum Gasteiger partial charge on any atom is 0.221 e. The number of carbonyl (C=O) groups excluding carboxylic acids is 1. The Morgan fingerprint density at radius 2 is 2.14 bits per heavy atom. The van der Waals surface area contributed by atoms with E-state index in [2.05, 4.69) is 4.98 Å². The summed E-state index contributed by atoms with van der Waals surface area (Å²) in [7, 11) is 3.52. The normalized spacial score (nSPS) is 14.9. The standard InChI is InChI=1S/C17H17N3O2/c1-20(2)9-12(8-18)17(22)15-6-11-5-13(10-3-4-10)16(21)7-14(11)19-15/h5-7,9-10,19,21H,3-4H2,1-2H3/b12-9+. The molecule has 5 nitrogen and oxygen atoms in total. The minimum absolute atomic E-state index is 0.0724. The van der Waals surface area contributed by atoms with E-state index >= 15 is 0 Å². The molecule has 1 aromatic heterocycles. The number of hydrogen-bond donors (Lipinski definition) is 2. The maximum atomic E-state index is 12.4. The van der Waals surface area contributed by atoms with Crippen molar-refractivity contribution in [2.75, 3.05) is 14.1 Å². The van der Waals surface area contributed by atoms with E-state index in [1.807, 2.05) is 12.1 Å². The van der Waals surface area contributed by atoms with Gasteiger partial charge in [0.1, 0.15) is 17.4 Å². The van der Waals surface area contributed by atoms with E-state index in [0.29, 0.717) is 17.1 Å². The van der Waals surface area contributed by atoms with Crippen molar-refractivity contribution in [2.24, 2.45) is 0 Å². The number of fused-ring (bicyclic) bond motifs is 1. The summed E-state index contributed by atoms with van der Waals surface area (Å²) in [6.07, 6.45) is 3.69. The van der Waals surface area contributed by atoms with Gasteiger partial charge >= 0.3 is 0 Å². The van der Waals surface area contributed by atoms with Crippen LogP contribution in [0.2, 0.25) is 0 Å². The van der Waals surface area contributed by atoms with Crippen molar-refractivity contribution in [1.29, 1.82) is 5.26 Å². The van der Waals surface area contributed by atoms with Gasteiger partial charge in [0.2, 0.25) is 5.78 Å². The molecule has 3 rings (SSSR count). The molecule has 22 heavy (non-hydrogen) atoms. The predicted molar refractivity (Wildman–Crippen MR) is 83.7 cm³/mol. The van der Waals surface area contributed by atoms with Gasteiger partial charge in [-0.2, -0.15) is 5.26 Å². The molecule has 0 amide bonds. The van der Waals surface area contributed by atoms with Crippen LogP contribution in [0.5, 0.6) is 5.75 Å². The van der Waals surface area contributed by atoms with E-state index < -0.39 is 0 Å². The zero-order valence-electron chi connectivity index (χ0n) is 12.6. The van der Waals surface area contributed by atoms with E-state index in [1.165, 1.54) is 6.20 Å². The summed E-state index contributed by atoms with van der Waals surface area (Å²) in [6, 6.07) is 7.25. The van der Waals surface area contributed by atoms with E-state index in [4.69, 9.17) is 5.26 Å². The number of phenols is 1. The fourth-order valence-corrected chi connectivity index (χ4v) is 2.57. The number of rotatable bonds is 4. The zero-order chi connectivity index (χ0) is 15.9. The molecule has 1 aromatic carbocycles. The van der Waals surface area contributed by atoms with Gasteiger partial charge in [-0.3, -0.25) is 4.79 Å². The molecule has 2 aromatic rings. The summed E-state index contributed by atoms with van der Waals surface area (Å²) >= 11 is 0. The van der Waals surface area contributed by atoms with Crippen LogP contribution in [0, 0.1) is 11.3 Å². The number of aromatic hydroxyl groups is 1. The number of nitrogens with one attached hydrogen (secondary N) is 1. The van der Waals surface area contributed by atoms with Gasteiger partial charge in [-0.1, -0.05) is 0 Å². The number of aromatic nitrogens is 1. The van der Waals surface area contributed by atoms with Gasteiger partial charge < -0.3 is 15.0 Å². The van der Waals surface area contributed by atoms with Gasteiger partial charge in [0, 0.05) is 37.3 Å². The molecule has 0 bridgehead atoms. The molecule has 0 spiro atoms. The average molecular weight is 295 g/mol. The lowest BCUT2D eigenvalue weighted by Gasteiger charge is -2.04. The van der Waals surface area contributed by atoms with E-state index in [0.717, 1.165) is 23.8 Å². The lowest BCUT2D eigenvalue weighted by atomic mass is 10.1. The molecule has 1 heterocycles. The second-order valence-electron chi connectivity index (χ2n) is 5.90. The Kier molecular flexibility index (Phi) is 3.38. The number of nitriles is 1. The van der Waals surface area contributed by atoms with E-state index in [-0.39, 0.29) is 17.1 Å². The Bertz CT molecular complexity index is 820. The molecular formula is C17H17N3O2. The topological polar surface area (TPSA) is 80.1 Å². The Morgan fingerprint density at radius 1 is 1.41 bits per heavy atom. The summed E-state index contributed by atoms with van der Waals surface area (Å²) in [6.45, 7) is 0. The predicted octanol–water partition coefficient (Wildman–Crippen LogP) is 2.90. The smallest absolute Gasteiger partial charge is 0.221 e. The molecular weight excluding hydrogens is 278 g/mol. The van der Waals surface area contributed by atoms with Crippen molar-refractivity contribution in [3.63, 3.8) is 0 Å². The SMILES string of the molecule is CN(C)/C=C(\C#N)C(=O)c1cc2cc(C3CC3)c(O)cc2[nH]1. The van der Waals surface area contributed by atoms with Crippen LogP contribution >= 0.6 is 0 Å². The molecule has 0 unspecified atom stereocenters. The number of nitrogens with zero attached hydrogens (tertiary/aromatic N) is 2. The highest BCUT2D eigenvalue weighted by atomic mass is 16.3. The van der Waals surface area contributed by atoms with Crippen LogP contribution < -0.4 is 0 Å². The van der Waals surface area contributed by atoms with Gasteiger partial charge in [-0.25, -0.2) is 0 Å². The van der Waals surface area contributed by atoms with Crippen LogP contribution in [-0.4, -0.2) is 34.9 Å². The highest BCUT2D eigenvalue weighted by molar-refractivity contribution is 6.12. The molecule has 1 fully saturated rings. The fraction of sp³-hybridized carbons (Fsp3) is 0.294. The zero-order valence-corrected chi connectivity index (χ0v) is 12.6. The van der Waals surface area contributed by atoms with Crippen molar-refractivity contribution >= 4 is 16.7 Å². The van der Waals surface area contributed by atoms with Crippen LogP contribution in [0.3, 0.4) is 0 Å². The number of H-pyrrole nitrogens is 1. The molecule has 1 saturated carbocycles. The first-order valence-electron chi connectivity index (χ1n) is 7.18. The lowest BCUT2D eigenvalue weighted by Crippen LogP contribution is -2.09. The summed E-state index contributed by atoms with van der Waals surface area (Å²) in [5.41, 5.74) is 2.07. The van der Waals surface area contributed by atoms with E-state index in [1.54, 1.807) is 31.1 Å². The molecule has 1 aliphatic carbocycles. The minimum atomic E-state index is -0.347. The van der Waals surface area contributed by atoms with Crippen LogP contribution in [0.15, 0.2) is 30.0 Å². The quantitative estimate of drug-likeness (QED) is 0.516. The van der Waals surface area contributed by atoms with Gasteiger partial charge in [-0.15, -0.1) is 0 Å². The number of aromatic amines is 1. The summed E-state index contributed by atoms with van der Waals surface area (Å²) < 4.78 is 0. The minimum Gasteiger partial charge on any atom is -0.508 e. The molecule has 112 valence electrons. The average Bonchev–Trinajstić information content (AvgIpc) is 3.23. The van der Waals surface area contributed by atoms with Crippen molar-refractivity contribution in [2.45, 2.75) is 18.8 Å². The molecule has 1 aliphatic rings. The third-order valence-corrected chi connectivity index (χ3v) is 3.78. The van der Waals surface area contributed by atoms with Gasteiger partial charge in [0.05, 0.1) is 5.69 Å². The number of ketones is 1. The van der Waals surface area contributed by atoms with E-state index in [9.17, 15) is 9.90 Å². The fourth-order valence-electron chi connectivity index (χ4n) is 2.57. The number of benzene rings is 1. The van der Waals surface area contributed by atoms with Crippen LogP contribution in [-0.2, 0) is 0 Å². The highest BCUT2D eigenvalue weighted by Crippen LogP contribution is 2.45. The molecule has 0 aliphatic heterocycles. The largest absolute Gasteiger partial charge is 0.508 e. The molecule has 0 radical (unpaired) electrons. The number of phenolic OH excluding ortho intramolecular Hbond substituents is 1. The first-order valence-corrected chi connectivity index (χ1v) is 7.18. The highest BCUT2D eigenvalue weighted by Gasteiger charge is 2.27. The number of allylic oxidation sites excluding steroid dienone is 1. The Labute approximate surface area is 128 Å². The molecule has 0 atom stereocenters. The maximum absolute atomic E-state index is 12.4.